The summed E-state index contributed by atoms with van der Waals surface area (Å²) in [5.74, 6) is 1.59. The maximum absolute atomic E-state index is 3.61. The highest BCUT2D eigenvalue weighted by atomic mass is 79.9. The molecule has 0 aliphatic heterocycles. The molecule has 1 saturated carbocycles. The molecule has 0 aromatic rings. The van der Waals surface area contributed by atoms with Gasteiger partial charge in [-0.25, -0.2) is 0 Å². The van der Waals surface area contributed by atoms with Crippen LogP contribution in [0.3, 0.4) is 0 Å². The van der Waals surface area contributed by atoms with Crippen molar-refractivity contribution in [3.63, 3.8) is 0 Å². The molecule has 0 radical (unpaired) electrons. The van der Waals surface area contributed by atoms with Gasteiger partial charge in [0.1, 0.15) is 0 Å². The smallest absolute Gasteiger partial charge is 0.0244 e. The Morgan fingerprint density at radius 1 is 1.31 bits per heavy atom. The van der Waals surface area contributed by atoms with Crippen molar-refractivity contribution in [2.24, 2.45) is 11.8 Å². The molecule has 13 heavy (non-hydrogen) atoms. The fourth-order valence-electron chi connectivity index (χ4n) is 2.19. The third-order valence-electron chi connectivity index (χ3n) is 2.83. The van der Waals surface area contributed by atoms with Crippen LogP contribution in [0.1, 0.15) is 46.0 Å². The Balaban J connectivity index is 2.53. The van der Waals surface area contributed by atoms with E-state index >= 15 is 0 Å². The number of rotatable bonds is 3. The van der Waals surface area contributed by atoms with Gasteiger partial charge in [-0.2, -0.15) is 0 Å². The van der Waals surface area contributed by atoms with Crippen molar-refractivity contribution < 1.29 is 0 Å². The van der Waals surface area contributed by atoms with E-state index < -0.39 is 0 Å². The number of hydrogen-bond acceptors (Lipinski definition) is 0. The zero-order valence-electron chi connectivity index (χ0n) is 8.85. The molecule has 0 N–H and O–H groups in total. The second kappa shape index (κ2) is 5.85. The Morgan fingerprint density at radius 2 is 1.92 bits per heavy atom. The first-order valence-corrected chi connectivity index (χ1v) is 6.62. The molecule has 76 valence electrons. The number of alkyl halides is 1. The fraction of sp³-hybridized carbons (Fsp3) is 0.833. The summed E-state index contributed by atoms with van der Waals surface area (Å²) in [7, 11) is 0. The standard InChI is InChI=1S/C12H21Br/c1-10(2)8-12(9-13)11-6-4-3-5-7-11/h8,10-11H,3-7,9H2,1-2H3/b12-8-. The van der Waals surface area contributed by atoms with Crippen LogP contribution in [-0.2, 0) is 0 Å². The average Bonchev–Trinajstić information content (AvgIpc) is 2.15. The molecule has 0 nitrogen and oxygen atoms in total. The van der Waals surface area contributed by atoms with Gasteiger partial charge in [-0.1, -0.05) is 60.7 Å². The van der Waals surface area contributed by atoms with Crippen LogP contribution >= 0.6 is 15.9 Å². The summed E-state index contributed by atoms with van der Waals surface area (Å²) < 4.78 is 0. The van der Waals surface area contributed by atoms with Gasteiger partial charge < -0.3 is 0 Å². The molecule has 1 aliphatic rings. The van der Waals surface area contributed by atoms with Gasteiger partial charge in [0.05, 0.1) is 0 Å². The van der Waals surface area contributed by atoms with Crippen LogP contribution in [0.5, 0.6) is 0 Å². The fourth-order valence-corrected chi connectivity index (χ4v) is 2.84. The number of halogens is 1. The van der Waals surface area contributed by atoms with Crippen LogP contribution in [0.2, 0.25) is 0 Å². The molecule has 0 heterocycles. The van der Waals surface area contributed by atoms with Crippen molar-refractivity contribution >= 4 is 15.9 Å². The van der Waals surface area contributed by atoms with Crippen molar-refractivity contribution in [2.75, 3.05) is 5.33 Å². The van der Waals surface area contributed by atoms with Crippen molar-refractivity contribution in [1.82, 2.24) is 0 Å². The summed E-state index contributed by atoms with van der Waals surface area (Å²) in [5.41, 5.74) is 1.65. The molecule has 0 amide bonds. The first kappa shape index (κ1) is 11.3. The van der Waals surface area contributed by atoms with Crippen molar-refractivity contribution in [2.45, 2.75) is 46.0 Å². The lowest BCUT2D eigenvalue weighted by Gasteiger charge is -2.24. The van der Waals surface area contributed by atoms with Gasteiger partial charge in [0.2, 0.25) is 0 Å². The van der Waals surface area contributed by atoms with Crippen LogP contribution in [-0.4, -0.2) is 5.33 Å². The highest BCUT2D eigenvalue weighted by molar-refractivity contribution is 9.09. The van der Waals surface area contributed by atoms with E-state index in [1.165, 1.54) is 32.1 Å². The molecular weight excluding hydrogens is 224 g/mol. The Morgan fingerprint density at radius 3 is 2.38 bits per heavy atom. The minimum Gasteiger partial charge on any atom is -0.0880 e. The Labute approximate surface area is 90.9 Å². The maximum Gasteiger partial charge on any atom is 0.0244 e. The van der Waals surface area contributed by atoms with Gasteiger partial charge in [-0.3, -0.25) is 0 Å². The molecule has 0 aromatic heterocycles. The predicted molar refractivity (Wildman–Crippen MR) is 63.3 cm³/mol. The summed E-state index contributed by atoms with van der Waals surface area (Å²) in [6, 6.07) is 0. The van der Waals surface area contributed by atoms with Gasteiger partial charge in [0, 0.05) is 5.33 Å². The second-order valence-corrected chi connectivity index (χ2v) is 5.01. The van der Waals surface area contributed by atoms with Crippen LogP contribution < -0.4 is 0 Å². The SMILES string of the molecule is CC(C)/C=C(/CBr)C1CCCCC1. The van der Waals surface area contributed by atoms with E-state index in [0.29, 0.717) is 5.92 Å². The third-order valence-corrected chi connectivity index (χ3v) is 3.48. The van der Waals surface area contributed by atoms with Crippen LogP contribution in [0.15, 0.2) is 11.6 Å². The first-order chi connectivity index (χ1) is 6.24. The van der Waals surface area contributed by atoms with E-state index in [2.05, 4.69) is 35.9 Å². The number of hydrogen-bond donors (Lipinski definition) is 0. The summed E-state index contributed by atoms with van der Waals surface area (Å²) in [4.78, 5) is 0. The highest BCUT2D eigenvalue weighted by Gasteiger charge is 2.16. The van der Waals surface area contributed by atoms with Gasteiger partial charge in [0.15, 0.2) is 0 Å². The molecule has 1 rings (SSSR count). The van der Waals surface area contributed by atoms with E-state index in [0.717, 1.165) is 11.2 Å². The van der Waals surface area contributed by atoms with Crippen molar-refractivity contribution in [3.8, 4) is 0 Å². The van der Waals surface area contributed by atoms with Crippen LogP contribution in [0, 0.1) is 11.8 Å². The molecule has 1 aliphatic carbocycles. The normalized spacial score (nSPS) is 21.1. The van der Waals surface area contributed by atoms with E-state index in [-0.39, 0.29) is 0 Å². The van der Waals surface area contributed by atoms with Gasteiger partial charge in [-0.15, -0.1) is 0 Å². The quantitative estimate of drug-likeness (QED) is 0.505. The zero-order valence-corrected chi connectivity index (χ0v) is 10.4. The minimum absolute atomic E-state index is 0.703. The molecule has 0 spiro atoms. The summed E-state index contributed by atoms with van der Waals surface area (Å²) in [6.45, 7) is 4.54. The molecule has 0 saturated heterocycles. The van der Waals surface area contributed by atoms with Crippen LogP contribution in [0.4, 0.5) is 0 Å². The molecule has 0 atom stereocenters. The lowest BCUT2D eigenvalue weighted by Crippen LogP contribution is -2.10. The van der Waals surface area contributed by atoms with Crippen molar-refractivity contribution in [1.29, 1.82) is 0 Å². The minimum atomic E-state index is 0.703. The lowest BCUT2D eigenvalue weighted by atomic mass is 9.83. The molecule has 1 heteroatoms. The van der Waals surface area contributed by atoms with Gasteiger partial charge in [-0.05, 0) is 24.7 Å². The summed E-state index contributed by atoms with van der Waals surface area (Å²) in [6.07, 6.45) is 9.62. The molecule has 0 aromatic carbocycles. The van der Waals surface area contributed by atoms with Crippen molar-refractivity contribution in [3.05, 3.63) is 11.6 Å². The maximum atomic E-state index is 3.61. The molecule has 0 unspecified atom stereocenters. The third kappa shape index (κ3) is 3.84. The lowest BCUT2D eigenvalue weighted by molar-refractivity contribution is 0.402. The topological polar surface area (TPSA) is 0 Å². The van der Waals surface area contributed by atoms with E-state index in [4.69, 9.17) is 0 Å². The second-order valence-electron chi connectivity index (χ2n) is 4.45. The Hall–Kier alpha value is 0.220. The van der Waals surface area contributed by atoms with E-state index in [1.807, 2.05) is 0 Å². The molecule has 0 bridgehead atoms. The molecular formula is C12H21Br. The van der Waals surface area contributed by atoms with E-state index in [9.17, 15) is 0 Å². The Bertz CT molecular complexity index is 164. The summed E-state index contributed by atoms with van der Waals surface area (Å²) in [5, 5.41) is 1.08. The zero-order chi connectivity index (χ0) is 9.68. The average molecular weight is 245 g/mol. The molecule has 1 fully saturated rings. The van der Waals surface area contributed by atoms with Crippen LogP contribution in [0.25, 0.3) is 0 Å². The largest absolute Gasteiger partial charge is 0.0880 e. The Kier molecular flexibility index (Phi) is 5.08. The predicted octanol–water partition coefficient (Wildman–Crippen LogP) is 4.54. The van der Waals surface area contributed by atoms with E-state index in [1.54, 1.807) is 5.57 Å². The first-order valence-electron chi connectivity index (χ1n) is 5.50. The van der Waals surface area contributed by atoms with Gasteiger partial charge >= 0.3 is 0 Å². The monoisotopic (exact) mass is 244 g/mol. The van der Waals surface area contributed by atoms with Gasteiger partial charge in [0.25, 0.3) is 0 Å². The summed E-state index contributed by atoms with van der Waals surface area (Å²) >= 11 is 3.61. The highest BCUT2D eigenvalue weighted by Crippen LogP contribution is 2.31. The number of allylic oxidation sites excluding steroid dienone is 2.